The van der Waals surface area contributed by atoms with Crippen LogP contribution in [0.4, 0.5) is 0 Å². The number of Topliss-reactive ketones (excluding diaryl/α,β-unsaturated/α-hetero) is 1. The topological polar surface area (TPSA) is 78.5 Å². The lowest BCUT2D eigenvalue weighted by molar-refractivity contribution is 0.0991. The largest absolute Gasteiger partial charge is 0.334 e. The highest BCUT2D eigenvalue weighted by atomic mass is 16.1. The summed E-state index contributed by atoms with van der Waals surface area (Å²) >= 11 is 0. The molecule has 0 saturated carbocycles. The number of nitrogens with zero attached hydrogens (tertiary/aromatic N) is 6. The summed E-state index contributed by atoms with van der Waals surface area (Å²) in [6.45, 7) is 0. The second-order valence-corrected chi connectivity index (χ2v) is 5.95. The van der Waals surface area contributed by atoms with Gasteiger partial charge in [-0.05, 0) is 6.07 Å². The lowest BCUT2D eigenvalue weighted by Crippen LogP contribution is -2.06. The number of hydrogen-bond donors (Lipinski definition) is 0. The van der Waals surface area contributed by atoms with Gasteiger partial charge in [-0.3, -0.25) is 9.48 Å². The van der Waals surface area contributed by atoms with Gasteiger partial charge < -0.3 is 4.57 Å². The third-order valence-corrected chi connectivity index (χ3v) is 4.09. The van der Waals surface area contributed by atoms with Gasteiger partial charge in [0, 0.05) is 37.4 Å². The Labute approximate surface area is 144 Å². The van der Waals surface area contributed by atoms with Crippen molar-refractivity contribution < 1.29 is 4.79 Å². The number of rotatable bonds is 4. The van der Waals surface area contributed by atoms with Crippen molar-refractivity contribution in [3.63, 3.8) is 0 Å². The molecule has 1 aromatic carbocycles. The van der Waals surface area contributed by atoms with Gasteiger partial charge in [-0.2, -0.15) is 5.10 Å². The molecule has 4 aromatic rings. The van der Waals surface area contributed by atoms with Crippen LogP contribution in [0.15, 0.2) is 49.3 Å². The quantitative estimate of drug-likeness (QED) is 0.535. The van der Waals surface area contributed by atoms with Gasteiger partial charge in [-0.1, -0.05) is 12.1 Å². The molecule has 0 atom stereocenters. The van der Waals surface area contributed by atoms with Crippen molar-refractivity contribution in [3.8, 4) is 11.3 Å². The van der Waals surface area contributed by atoms with Gasteiger partial charge in [0.05, 0.1) is 41.9 Å². The first kappa shape index (κ1) is 15.2. The molecule has 0 amide bonds. The maximum absolute atomic E-state index is 12.3. The first-order valence-corrected chi connectivity index (χ1v) is 7.84. The Hall–Kier alpha value is -3.35. The van der Waals surface area contributed by atoms with Gasteiger partial charge >= 0.3 is 0 Å². The third kappa shape index (κ3) is 2.91. The minimum absolute atomic E-state index is 0.0461. The standard InChI is InChI=1S/C18H16N6O/c1-23-11-19-9-16(23)12-3-4-13-7-20-18(22-15(13)5-12)6-17(25)14-8-21-24(2)10-14/h3-5,7-11H,6H2,1-2H3. The fourth-order valence-electron chi connectivity index (χ4n) is 2.75. The van der Waals surface area contributed by atoms with Crippen molar-refractivity contribution in [3.05, 3.63) is 60.7 Å². The molecule has 124 valence electrons. The Bertz CT molecular complexity index is 1080. The van der Waals surface area contributed by atoms with Crippen LogP contribution in [-0.2, 0) is 20.5 Å². The van der Waals surface area contributed by atoms with Crippen LogP contribution in [0.2, 0.25) is 0 Å². The summed E-state index contributed by atoms with van der Waals surface area (Å²) in [5.74, 6) is 0.457. The van der Waals surface area contributed by atoms with E-state index in [2.05, 4.69) is 20.1 Å². The van der Waals surface area contributed by atoms with E-state index in [0.29, 0.717) is 11.4 Å². The molecule has 0 radical (unpaired) electrons. The molecule has 3 heterocycles. The SMILES string of the molecule is Cn1cc(C(=O)Cc2ncc3ccc(-c4cncn4C)cc3n2)cn1. The predicted octanol–water partition coefficient (Wildman–Crippen LogP) is 2.19. The second-order valence-electron chi connectivity index (χ2n) is 5.95. The van der Waals surface area contributed by atoms with Crippen LogP contribution in [0.3, 0.4) is 0 Å². The number of imidazole rings is 1. The predicted molar refractivity (Wildman–Crippen MR) is 93.0 cm³/mol. The number of aryl methyl sites for hydroxylation is 2. The molecule has 0 N–H and O–H groups in total. The van der Waals surface area contributed by atoms with E-state index in [-0.39, 0.29) is 12.2 Å². The molecule has 0 saturated heterocycles. The summed E-state index contributed by atoms with van der Waals surface area (Å²) in [5, 5.41) is 4.96. The van der Waals surface area contributed by atoms with Crippen LogP contribution >= 0.6 is 0 Å². The zero-order valence-corrected chi connectivity index (χ0v) is 13.9. The van der Waals surface area contributed by atoms with Gasteiger partial charge in [-0.15, -0.1) is 0 Å². The summed E-state index contributed by atoms with van der Waals surface area (Å²) in [4.78, 5) is 25.3. The van der Waals surface area contributed by atoms with E-state index in [1.165, 1.54) is 0 Å². The Balaban J connectivity index is 1.67. The molecule has 4 rings (SSSR count). The van der Waals surface area contributed by atoms with Gasteiger partial charge in [-0.25, -0.2) is 15.0 Å². The van der Waals surface area contributed by atoms with E-state index in [9.17, 15) is 4.79 Å². The van der Waals surface area contributed by atoms with Crippen LogP contribution < -0.4 is 0 Å². The van der Waals surface area contributed by atoms with E-state index in [4.69, 9.17) is 0 Å². The fourth-order valence-corrected chi connectivity index (χ4v) is 2.75. The molecule has 3 aromatic heterocycles. The molecule has 0 aliphatic heterocycles. The highest BCUT2D eigenvalue weighted by Crippen LogP contribution is 2.22. The number of aromatic nitrogens is 6. The van der Waals surface area contributed by atoms with E-state index < -0.39 is 0 Å². The van der Waals surface area contributed by atoms with Crippen molar-refractivity contribution in [2.75, 3.05) is 0 Å². The van der Waals surface area contributed by atoms with Crippen LogP contribution in [-0.4, -0.2) is 35.1 Å². The number of hydrogen-bond acceptors (Lipinski definition) is 5. The summed E-state index contributed by atoms with van der Waals surface area (Å²) in [6.07, 6.45) is 8.74. The van der Waals surface area contributed by atoms with E-state index in [0.717, 1.165) is 22.2 Å². The number of ketones is 1. The minimum atomic E-state index is -0.0461. The van der Waals surface area contributed by atoms with E-state index in [1.54, 1.807) is 36.6 Å². The number of carbonyl (C=O) groups excluding carboxylic acids is 1. The summed E-state index contributed by atoms with van der Waals surface area (Å²) in [7, 11) is 3.73. The molecule has 0 fully saturated rings. The molecule has 25 heavy (non-hydrogen) atoms. The van der Waals surface area contributed by atoms with E-state index in [1.807, 2.05) is 36.0 Å². The summed E-state index contributed by atoms with van der Waals surface area (Å²) < 4.78 is 3.56. The molecule has 0 aliphatic rings. The number of fused-ring (bicyclic) bond motifs is 1. The first-order chi connectivity index (χ1) is 12.1. The zero-order chi connectivity index (χ0) is 17.4. The molecular formula is C18H16N6O. The monoisotopic (exact) mass is 332 g/mol. The Morgan fingerprint density at radius 1 is 1.16 bits per heavy atom. The molecule has 0 unspecified atom stereocenters. The maximum Gasteiger partial charge on any atom is 0.173 e. The van der Waals surface area contributed by atoms with Crippen molar-refractivity contribution in [2.24, 2.45) is 14.1 Å². The molecule has 0 spiro atoms. The normalized spacial score (nSPS) is 11.1. The highest BCUT2D eigenvalue weighted by Gasteiger charge is 2.12. The average Bonchev–Trinajstić information content (AvgIpc) is 3.22. The molecular weight excluding hydrogens is 316 g/mol. The third-order valence-electron chi connectivity index (χ3n) is 4.09. The van der Waals surface area contributed by atoms with Gasteiger partial charge in [0.1, 0.15) is 5.82 Å². The summed E-state index contributed by atoms with van der Waals surface area (Å²) in [6, 6.07) is 5.99. The Morgan fingerprint density at radius 3 is 2.76 bits per heavy atom. The fraction of sp³-hybridized carbons (Fsp3) is 0.167. The van der Waals surface area contributed by atoms with Crippen LogP contribution in [0.5, 0.6) is 0 Å². The van der Waals surface area contributed by atoms with Gasteiger partial charge in [0.15, 0.2) is 5.78 Å². The van der Waals surface area contributed by atoms with Crippen molar-refractivity contribution in [1.29, 1.82) is 0 Å². The number of carbonyl (C=O) groups is 1. The van der Waals surface area contributed by atoms with Crippen LogP contribution in [0.1, 0.15) is 16.2 Å². The lowest BCUT2D eigenvalue weighted by atomic mass is 10.1. The number of benzene rings is 1. The molecule has 0 bridgehead atoms. The molecule has 7 nitrogen and oxygen atoms in total. The smallest absolute Gasteiger partial charge is 0.173 e. The molecule has 7 heteroatoms. The van der Waals surface area contributed by atoms with Crippen molar-refractivity contribution >= 4 is 16.7 Å². The first-order valence-electron chi connectivity index (χ1n) is 7.84. The van der Waals surface area contributed by atoms with Gasteiger partial charge in [0.2, 0.25) is 0 Å². The highest BCUT2D eigenvalue weighted by molar-refractivity contribution is 5.96. The average molecular weight is 332 g/mol. The van der Waals surface area contributed by atoms with Crippen molar-refractivity contribution in [1.82, 2.24) is 29.3 Å². The maximum atomic E-state index is 12.3. The van der Waals surface area contributed by atoms with Crippen LogP contribution in [0, 0.1) is 0 Å². The Morgan fingerprint density at radius 2 is 2.04 bits per heavy atom. The second kappa shape index (κ2) is 5.94. The molecule has 0 aliphatic carbocycles. The zero-order valence-electron chi connectivity index (χ0n) is 13.9. The Kier molecular flexibility index (Phi) is 3.61. The summed E-state index contributed by atoms with van der Waals surface area (Å²) in [5.41, 5.74) is 3.40. The minimum Gasteiger partial charge on any atom is -0.334 e. The lowest BCUT2D eigenvalue weighted by Gasteiger charge is -2.05. The van der Waals surface area contributed by atoms with Crippen LogP contribution in [0.25, 0.3) is 22.2 Å². The van der Waals surface area contributed by atoms with Gasteiger partial charge in [0.25, 0.3) is 0 Å². The van der Waals surface area contributed by atoms with E-state index >= 15 is 0 Å². The van der Waals surface area contributed by atoms with Crippen molar-refractivity contribution in [2.45, 2.75) is 6.42 Å².